The zero-order valence-electron chi connectivity index (χ0n) is 9.52. The number of carbonyl (C=O) groups is 2. The Morgan fingerprint density at radius 1 is 1.44 bits per heavy atom. The van der Waals surface area contributed by atoms with Crippen LogP contribution in [0.2, 0.25) is 0 Å². The van der Waals surface area contributed by atoms with E-state index in [9.17, 15) is 9.59 Å². The first-order chi connectivity index (χ1) is 7.61. The minimum atomic E-state index is -0.762. The van der Waals surface area contributed by atoms with Gasteiger partial charge in [-0.2, -0.15) is 0 Å². The van der Waals surface area contributed by atoms with Crippen molar-refractivity contribution in [3.63, 3.8) is 0 Å². The van der Waals surface area contributed by atoms with Gasteiger partial charge in [-0.25, -0.2) is 5.84 Å². The van der Waals surface area contributed by atoms with Gasteiger partial charge in [-0.05, 0) is 25.7 Å². The van der Waals surface area contributed by atoms with Crippen molar-refractivity contribution >= 4 is 11.9 Å². The fraction of sp³-hybridized carbons (Fsp3) is 0.818. The standard InChI is InChI=1S/C11H20N2O3/c12-13-9(5-1-3-7-10(13)14)6-2-4-8-11(15)16/h9H,1-8,12H2,(H,15,16). The Labute approximate surface area is 95.6 Å². The molecule has 0 aromatic heterocycles. The molecular formula is C11H20N2O3. The van der Waals surface area contributed by atoms with E-state index in [1.165, 1.54) is 5.01 Å². The van der Waals surface area contributed by atoms with Gasteiger partial charge < -0.3 is 5.11 Å². The molecule has 92 valence electrons. The number of carboxylic acids is 1. The van der Waals surface area contributed by atoms with Crippen molar-refractivity contribution in [2.24, 2.45) is 5.84 Å². The summed E-state index contributed by atoms with van der Waals surface area (Å²) in [5.74, 6) is 4.98. The van der Waals surface area contributed by atoms with Crippen LogP contribution in [0.5, 0.6) is 0 Å². The second-order valence-electron chi connectivity index (χ2n) is 4.34. The van der Waals surface area contributed by atoms with Gasteiger partial charge in [-0.3, -0.25) is 14.6 Å². The zero-order valence-corrected chi connectivity index (χ0v) is 9.52. The van der Waals surface area contributed by atoms with E-state index >= 15 is 0 Å². The van der Waals surface area contributed by atoms with Crippen LogP contribution in [-0.4, -0.2) is 28.0 Å². The lowest BCUT2D eigenvalue weighted by atomic mass is 10.0. The molecule has 0 bridgehead atoms. The molecule has 1 fully saturated rings. The van der Waals surface area contributed by atoms with Crippen LogP contribution in [0.15, 0.2) is 0 Å². The number of hydrogen-bond donors (Lipinski definition) is 2. The average Bonchev–Trinajstić information content (AvgIpc) is 2.38. The largest absolute Gasteiger partial charge is 0.481 e. The monoisotopic (exact) mass is 228 g/mol. The van der Waals surface area contributed by atoms with Crippen molar-refractivity contribution in [3.8, 4) is 0 Å². The van der Waals surface area contributed by atoms with Gasteiger partial charge in [0.2, 0.25) is 5.91 Å². The highest BCUT2D eigenvalue weighted by Crippen LogP contribution is 2.19. The van der Waals surface area contributed by atoms with Crippen molar-refractivity contribution in [1.29, 1.82) is 0 Å². The summed E-state index contributed by atoms with van der Waals surface area (Å²) in [4.78, 5) is 21.8. The lowest BCUT2D eigenvalue weighted by Gasteiger charge is -2.25. The Morgan fingerprint density at radius 2 is 2.19 bits per heavy atom. The lowest BCUT2D eigenvalue weighted by molar-refractivity contribution is -0.137. The molecule has 5 heteroatoms. The van der Waals surface area contributed by atoms with Crippen molar-refractivity contribution in [1.82, 2.24) is 5.01 Å². The molecule has 0 saturated carbocycles. The molecule has 1 rings (SSSR count). The molecular weight excluding hydrogens is 208 g/mol. The van der Waals surface area contributed by atoms with Crippen LogP contribution in [0.3, 0.4) is 0 Å². The van der Waals surface area contributed by atoms with Crippen molar-refractivity contribution in [3.05, 3.63) is 0 Å². The summed E-state index contributed by atoms with van der Waals surface area (Å²) in [6.45, 7) is 0. The third-order valence-corrected chi connectivity index (χ3v) is 3.04. The number of rotatable bonds is 5. The van der Waals surface area contributed by atoms with E-state index in [0.29, 0.717) is 12.8 Å². The van der Waals surface area contributed by atoms with Crippen LogP contribution in [0.25, 0.3) is 0 Å². The number of carbonyl (C=O) groups excluding carboxylic acids is 1. The Balaban J connectivity index is 2.28. The maximum atomic E-state index is 11.5. The Bertz CT molecular complexity index is 256. The molecule has 1 unspecified atom stereocenters. The van der Waals surface area contributed by atoms with Gasteiger partial charge in [0, 0.05) is 18.9 Å². The second-order valence-corrected chi connectivity index (χ2v) is 4.34. The molecule has 1 heterocycles. The van der Waals surface area contributed by atoms with Crippen LogP contribution >= 0.6 is 0 Å². The molecule has 1 aliphatic heterocycles. The van der Waals surface area contributed by atoms with E-state index in [1.807, 2.05) is 0 Å². The molecule has 5 nitrogen and oxygen atoms in total. The number of aliphatic carboxylic acids is 1. The van der Waals surface area contributed by atoms with Crippen LogP contribution in [0, 0.1) is 0 Å². The number of hydrogen-bond acceptors (Lipinski definition) is 3. The Morgan fingerprint density at radius 3 is 2.88 bits per heavy atom. The number of nitrogens with two attached hydrogens (primary N) is 1. The summed E-state index contributed by atoms with van der Waals surface area (Å²) in [5, 5.41) is 9.86. The highest BCUT2D eigenvalue weighted by Gasteiger charge is 2.22. The van der Waals surface area contributed by atoms with Crippen LogP contribution in [-0.2, 0) is 9.59 Å². The fourth-order valence-corrected chi connectivity index (χ4v) is 2.07. The first-order valence-corrected chi connectivity index (χ1v) is 5.90. The number of amides is 1. The highest BCUT2D eigenvalue weighted by molar-refractivity contribution is 5.76. The maximum absolute atomic E-state index is 11.5. The average molecular weight is 228 g/mol. The first-order valence-electron chi connectivity index (χ1n) is 5.90. The van der Waals surface area contributed by atoms with Gasteiger partial charge in [-0.15, -0.1) is 0 Å². The summed E-state index contributed by atoms with van der Waals surface area (Å²) >= 11 is 0. The molecule has 1 aliphatic rings. The molecule has 0 spiro atoms. The topological polar surface area (TPSA) is 83.6 Å². The SMILES string of the molecule is NN1C(=O)CCCCC1CCCCC(=O)O. The first kappa shape index (κ1) is 13.0. The quantitative estimate of drug-likeness (QED) is 0.422. The zero-order chi connectivity index (χ0) is 12.0. The molecule has 0 aromatic rings. The number of hydrazine groups is 1. The number of carboxylic acid groups (broad SMARTS) is 1. The summed E-state index contributed by atoms with van der Waals surface area (Å²) in [5.41, 5.74) is 0. The van der Waals surface area contributed by atoms with E-state index in [1.54, 1.807) is 0 Å². The van der Waals surface area contributed by atoms with E-state index in [0.717, 1.165) is 32.1 Å². The number of unbranched alkanes of at least 4 members (excludes halogenated alkanes) is 1. The third-order valence-electron chi connectivity index (χ3n) is 3.04. The lowest BCUT2D eigenvalue weighted by Crippen LogP contribution is -2.44. The maximum Gasteiger partial charge on any atom is 0.303 e. The smallest absolute Gasteiger partial charge is 0.303 e. The number of nitrogens with zero attached hydrogens (tertiary/aromatic N) is 1. The van der Waals surface area contributed by atoms with Crippen LogP contribution < -0.4 is 5.84 Å². The third kappa shape index (κ3) is 4.18. The fourth-order valence-electron chi connectivity index (χ4n) is 2.07. The molecule has 0 aromatic carbocycles. The molecule has 1 atom stereocenters. The van der Waals surface area contributed by atoms with Crippen LogP contribution in [0.1, 0.15) is 51.4 Å². The molecule has 0 radical (unpaired) electrons. The van der Waals surface area contributed by atoms with Gasteiger partial charge in [-0.1, -0.05) is 12.8 Å². The summed E-state index contributed by atoms with van der Waals surface area (Å²) in [7, 11) is 0. The molecule has 16 heavy (non-hydrogen) atoms. The summed E-state index contributed by atoms with van der Waals surface area (Å²) in [6, 6.07) is 0.101. The Hall–Kier alpha value is -1.10. The van der Waals surface area contributed by atoms with Crippen molar-refractivity contribution in [2.75, 3.05) is 0 Å². The highest BCUT2D eigenvalue weighted by atomic mass is 16.4. The van der Waals surface area contributed by atoms with E-state index in [4.69, 9.17) is 10.9 Å². The molecule has 0 aliphatic carbocycles. The minimum Gasteiger partial charge on any atom is -0.481 e. The van der Waals surface area contributed by atoms with E-state index in [-0.39, 0.29) is 18.4 Å². The van der Waals surface area contributed by atoms with Gasteiger partial charge in [0.05, 0.1) is 0 Å². The Kier molecular flexibility index (Phi) is 5.25. The summed E-state index contributed by atoms with van der Waals surface area (Å²) in [6.07, 6.45) is 5.92. The molecule has 3 N–H and O–H groups in total. The van der Waals surface area contributed by atoms with E-state index < -0.39 is 5.97 Å². The van der Waals surface area contributed by atoms with Gasteiger partial charge in [0.25, 0.3) is 0 Å². The summed E-state index contributed by atoms with van der Waals surface area (Å²) < 4.78 is 0. The van der Waals surface area contributed by atoms with E-state index in [2.05, 4.69) is 0 Å². The van der Waals surface area contributed by atoms with Crippen molar-refractivity contribution in [2.45, 2.75) is 57.4 Å². The molecule has 1 saturated heterocycles. The van der Waals surface area contributed by atoms with Gasteiger partial charge in [0.1, 0.15) is 0 Å². The van der Waals surface area contributed by atoms with Crippen LogP contribution in [0.4, 0.5) is 0 Å². The van der Waals surface area contributed by atoms with Gasteiger partial charge >= 0.3 is 5.97 Å². The predicted octanol–water partition coefficient (Wildman–Crippen LogP) is 1.28. The minimum absolute atomic E-state index is 0.0146. The normalized spacial score (nSPS) is 21.9. The van der Waals surface area contributed by atoms with Gasteiger partial charge in [0.15, 0.2) is 0 Å². The molecule has 1 amide bonds. The second kappa shape index (κ2) is 6.48. The predicted molar refractivity (Wildman–Crippen MR) is 59.4 cm³/mol. The van der Waals surface area contributed by atoms with Crippen molar-refractivity contribution < 1.29 is 14.7 Å².